The van der Waals surface area contributed by atoms with Gasteiger partial charge in [0.2, 0.25) is 0 Å². The van der Waals surface area contributed by atoms with Gasteiger partial charge in [-0.1, -0.05) is 50.5 Å². The van der Waals surface area contributed by atoms with Crippen molar-refractivity contribution in [2.24, 2.45) is 69.0 Å². The summed E-state index contributed by atoms with van der Waals surface area (Å²) in [5, 5.41) is 0. The van der Waals surface area contributed by atoms with Gasteiger partial charge in [0.25, 0.3) is 0 Å². The standard InChI is InChI=1S/C23H28O4.C23H28O3/c1-20-6-3-12(24)9-16(20)13-10-14(13)19-15-4-7-22(8-5-18(25)27-22)21(15,2)11-17-23(19,20)26-17;1-21-7-3-13(24)11-18(21)14-12-15(14)20-16(21)4-8-22(2)17(20)5-9-23(22)10-6-19(25)26-23/h9,13-15,17,19H,3-8,10-11H2,1-2H3;4,11,14-15,17,20H,3,5-10,12H2,1-2H3/t13?,14?,15?,17-,19?,20?,21?,22-,23-;14?,15?,17?,20?,21?,22?,23-/m11/s1. The van der Waals surface area contributed by atoms with Gasteiger partial charge in [-0.2, -0.15) is 0 Å². The normalized spacial score (nSPS) is 58.0. The smallest absolute Gasteiger partial charge is 0.306 e. The van der Waals surface area contributed by atoms with Crippen LogP contribution >= 0.6 is 0 Å². The Balaban J connectivity index is 0.000000119. The highest BCUT2D eigenvalue weighted by molar-refractivity contribution is 5.93. The third-order valence-electron chi connectivity index (χ3n) is 19.9. The molecule has 3 aliphatic heterocycles. The number of fused-ring (bicyclic) bond motifs is 16. The molecule has 16 atom stereocenters. The van der Waals surface area contributed by atoms with Crippen LogP contribution in [0.3, 0.4) is 0 Å². The molecule has 0 aromatic rings. The highest BCUT2D eigenvalue weighted by Crippen LogP contribution is 2.83. The molecular formula is C46H56O7. The predicted molar refractivity (Wildman–Crippen MR) is 194 cm³/mol. The molecule has 13 aliphatic rings. The number of epoxide rings is 1. The van der Waals surface area contributed by atoms with E-state index < -0.39 is 0 Å². The van der Waals surface area contributed by atoms with Crippen molar-refractivity contribution in [1.29, 1.82) is 0 Å². The van der Waals surface area contributed by atoms with Crippen LogP contribution in [0.2, 0.25) is 0 Å². The van der Waals surface area contributed by atoms with Gasteiger partial charge in [-0.15, -0.1) is 0 Å². The molecule has 53 heavy (non-hydrogen) atoms. The van der Waals surface area contributed by atoms with Gasteiger partial charge >= 0.3 is 11.9 Å². The van der Waals surface area contributed by atoms with E-state index in [4.69, 9.17) is 14.2 Å². The molecule has 12 unspecified atom stereocenters. The van der Waals surface area contributed by atoms with E-state index in [2.05, 4.69) is 33.8 Å². The highest BCUT2D eigenvalue weighted by Gasteiger charge is 2.85. The van der Waals surface area contributed by atoms with Crippen molar-refractivity contribution in [2.75, 3.05) is 0 Å². The molecule has 3 saturated heterocycles. The average Bonchev–Trinajstić information content (AvgIpc) is 4.07. The number of hydrogen-bond donors (Lipinski definition) is 0. The second-order valence-electron chi connectivity index (χ2n) is 21.4. The Bertz CT molecular complexity index is 1920. The number of carbonyl (C=O) groups is 4. The summed E-state index contributed by atoms with van der Waals surface area (Å²) >= 11 is 0. The van der Waals surface area contributed by atoms with E-state index in [9.17, 15) is 19.2 Å². The maximum atomic E-state index is 12.2. The lowest BCUT2D eigenvalue weighted by Gasteiger charge is -2.56. The van der Waals surface area contributed by atoms with Gasteiger partial charge in [0.05, 0.1) is 6.10 Å². The molecule has 0 aromatic heterocycles. The Morgan fingerprint density at radius 2 is 1.26 bits per heavy atom. The molecule has 7 saturated carbocycles. The summed E-state index contributed by atoms with van der Waals surface area (Å²) in [6.45, 7) is 9.62. The van der Waals surface area contributed by atoms with Crippen molar-refractivity contribution in [1.82, 2.24) is 0 Å². The summed E-state index contributed by atoms with van der Waals surface area (Å²) in [6.07, 6.45) is 22.1. The maximum Gasteiger partial charge on any atom is 0.306 e. The second kappa shape index (κ2) is 9.69. The van der Waals surface area contributed by atoms with Crippen molar-refractivity contribution >= 4 is 23.5 Å². The quantitative estimate of drug-likeness (QED) is 0.142. The van der Waals surface area contributed by atoms with Crippen molar-refractivity contribution in [3.63, 3.8) is 0 Å². The lowest BCUT2D eigenvalue weighted by atomic mass is 9.46. The van der Waals surface area contributed by atoms with Crippen LogP contribution in [0.25, 0.3) is 0 Å². The summed E-state index contributed by atoms with van der Waals surface area (Å²) in [6, 6.07) is 0. The second-order valence-corrected chi connectivity index (χ2v) is 21.4. The van der Waals surface area contributed by atoms with Crippen LogP contribution in [0.4, 0.5) is 0 Å². The zero-order valence-electron chi connectivity index (χ0n) is 32.1. The van der Waals surface area contributed by atoms with Gasteiger partial charge in [-0.3, -0.25) is 19.2 Å². The van der Waals surface area contributed by atoms with Gasteiger partial charge < -0.3 is 14.2 Å². The molecule has 0 amide bonds. The lowest BCUT2D eigenvalue weighted by Crippen LogP contribution is -2.60. The SMILES string of the molecule is CC12CCC(=O)C=C1C1CC1C1C2=CCC2(C)C1CC[C@@]21CCC(=O)O1.CC12C[C@H]3O[C@@]34C(C3CC3C3=CC(=O)CCC34C)C1CC[C@@]21CCC(=O)O1. The first-order valence-corrected chi connectivity index (χ1v) is 21.5. The Hall–Kier alpha value is -2.54. The first-order chi connectivity index (χ1) is 25.2. The van der Waals surface area contributed by atoms with E-state index >= 15 is 0 Å². The molecular weight excluding hydrogens is 664 g/mol. The molecule has 0 aromatic carbocycles. The van der Waals surface area contributed by atoms with Crippen molar-refractivity contribution in [2.45, 2.75) is 153 Å². The predicted octanol–water partition coefficient (Wildman–Crippen LogP) is 7.95. The van der Waals surface area contributed by atoms with Gasteiger partial charge in [-0.25, -0.2) is 0 Å². The summed E-state index contributed by atoms with van der Waals surface area (Å²) in [5.74, 6) is 5.76. The number of ether oxygens (including phenoxy) is 3. The average molecular weight is 721 g/mol. The van der Waals surface area contributed by atoms with Crippen LogP contribution in [0.15, 0.2) is 34.9 Å². The van der Waals surface area contributed by atoms with E-state index in [-0.39, 0.29) is 56.5 Å². The minimum Gasteiger partial charge on any atom is -0.458 e. The molecule has 13 rings (SSSR count). The zero-order valence-corrected chi connectivity index (χ0v) is 32.1. The highest BCUT2D eigenvalue weighted by atomic mass is 16.6. The van der Waals surface area contributed by atoms with E-state index in [1.54, 1.807) is 5.57 Å². The fourth-order valence-corrected chi connectivity index (χ4v) is 17.1. The van der Waals surface area contributed by atoms with E-state index in [0.717, 1.165) is 57.3 Å². The minimum absolute atomic E-state index is 0.00124. The monoisotopic (exact) mass is 720 g/mol. The summed E-state index contributed by atoms with van der Waals surface area (Å²) in [5.41, 5.74) is 4.32. The van der Waals surface area contributed by atoms with Gasteiger partial charge in [0.1, 0.15) is 16.8 Å². The molecule has 3 heterocycles. The van der Waals surface area contributed by atoms with Crippen LogP contribution in [-0.4, -0.2) is 46.4 Å². The summed E-state index contributed by atoms with van der Waals surface area (Å²) < 4.78 is 18.8. The molecule has 10 fully saturated rings. The van der Waals surface area contributed by atoms with Crippen LogP contribution in [-0.2, 0) is 33.4 Å². The molecule has 0 radical (unpaired) electrons. The third kappa shape index (κ3) is 3.66. The van der Waals surface area contributed by atoms with Crippen LogP contribution in [0.5, 0.6) is 0 Å². The Labute approximate surface area is 313 Å². The van der Waals surface area contributed by atoms with Crippen molar-refractivity contribution in [3.8, 4) is 0 Å². The van der Waals surface area contributed by atoms with Gasteiger partial charge in [-0.05, 0) is 137 Å². The molecule has 3 spiro atoms. The number of carbonyl (C=O) groups excluding carboxylic acids is 4. The number of hydrogen-bond acceptors (Lipinski definition) is 7. The maximum absolute atomic E-state index is 12.2. The largest absolute Gasteiger partial charge is 0.458 e. The zero-order chi connectivity index (χ0) is 36.3. The molecule has 10 aliphatic carbocycles. The fourth-order valence-electron chi connectivity index (χ4n) is 17.1. The van der Waals surface area contributed by atoms with Crippen LogP contribution < -0.4 is 0 Å². The topological polar surface area (TPSA) is 99.3 Å². The van der Waals surface area contributed by atoms with Crippen molar-refractivity contribution < 1.29 is 33.4 Å². The first-order valence-electron chi connectivity index (χ1n) is 21.5. The Kier molecular flexibility index (Phi) is 5.98. The van der Waals surface area contributed by atoms with Crippen molar-refractivity contribution in [3.05, 3.63) is 34.9 Å². The number of allylic oxidation sites excluding steroid dienone is 4. The minimum atomic E-state index is -0.239. The molecule has 0 N–H and O–H groups in total. The Morgan fingerprint density at radius 1 is 0.642 bits per heavy atom. The van der Waals surface area contributed by atoms with Gasteiger partial charge in [0, 0.05) is 47.3 Å². The van der Waals surface area contributed by atoms with E-state index in [0.29, 0.717) is 78.7 Å². The van der Waals surface area contributed by atoms with Crippen LogP contribution in [0.1, 0.15) is 130 Å². The fraction of sp³-hybridized carbons (Fsp3) is 0.783. The van der Waals surface area contributed by atoms with Gasteiger partial charge in [0.15, 0.2) is 11.6 Å². The molecule has 7 heteroatoms. The Morgan fingerprint density at radius 3 is 1.96 bits per heavy atom. The molecule has 7 nitrogen and oxygen atoms in total. The molecule has 282 valence electrons. The van der Waals surface area contributed by atoms with E-state index in [1.807, 2.05) is 12.2 Å². The number of esters is 2. The third-order valence-corrected chi connectivity index (χ3v) is 19.9. The first kappa shape index (κ1) is 32.7. The summed E-state index contributed by atoms with van der Waals surface area (Å²) in [7, 11) is 0. The molecule has 0 bridgehead atoms. The number of ketones is 2. The number of rotatable bonds is 0. The van der Waals surface area contributed by atoms with Crippen LogP contribution in [0, 0.1) is 69.0 Å². The van der Waals surface area contributed by atoms with E-state index in [1.165, 1.54) is 36.8 Å². The summed E-state index contributed by atoms with van der Waals surface area (Å²) in [4.78, 5) is 48.3. The lowest BCUT2D eigenvalue weighted by molar-refractivity contribution is -0.165.